The van der Waals surface area contributed by atoms with E-state index < -0.39 is 24.4 Å². The number of benzene rings is 1. The first kappa shape index (κ1) is 22.6. The molecule has 0 aliphatic carbocycles. The molecule has 0 unspecified atom stereocenters. The smallest absolute Gasteiger partial charge is 0.486 e. The van der Waals surface area contributed by atoms with Crippen molar-refractivity contribution >= 4 is 18.7 Å². The van der Waals surface area contributed by atoms with Crippen LogP contribution in [0.1, 0.15) is 62.3 Å². The van der Waals surface area contributed by atoms with Gasteiger partial charge in [-0.3, -0.25) is 4.90 Å². The molecule has 0 aromatic heterocycles. The quantitative estimate of drug-likeness (QED) is 0.771. The Kier molecular flexibility index (Phi) is 5.85. The third-order valence-electron chi connectivity index (χ3n) is 5.38. The van der Waals surface area contributed by atoms with E-state index >= 15 is 0 Å². The maximum Gasteiger partial charge on any atom is 0.494 e. The van der Waals surface area contributed by atoms with Crippen LogP contribution in [0.5, 0.6) is 5.75 Å². The highest BCUT2D eigenvalue weighted by atomic mass is 16.7. The van der Waals surface area contributed by atoms with Gasteiger partial charge in [0.15, 0.2) is 0 Å². The van der Waals surface area contributed by atoms with Crippen LogP contribution in [0, 0.1) is 0 Å². The van der Waals surface area contributed by atoms with Gasteiger partial charge in [0.1, 0.15) is 11.4 Å². The van der Waals surface area contributed by atoms with Crippen molar-refractivity contribution in [2.75, 3.05) is 6.54 Å². The fourth-order valence-electron chi connectivity index (χ4n) is 3.00. The Labute approximate surface area is 169 Å². The molecular weight excluding hydrogens is 357 g/mol. The molecule has 1 fully saturated rings. The van der Waals surface area contributed by atoms with Gasteiger partial charge in [0.25, 0.3) is 0 Å². The van der Waals surface area contributed by atoms with Crippen LogP contribution in [-0.2, 0) is 9.31 Å². The average molecular weight is 391 g/mol. The van der Waals surface area contributed by atoms with Crippen LogP contribution in [0.4, 0.5) is 4.79 Å². The van der Waals surface area contributed by atoms with Gasteiger partial charge in [0.2, 0.25) is 0 Å². The SMILES string of the molecule is CC(C)(CN(C(=O)O)C(C)(C)C)Oc1ccc(B2OC(C)(C)C(C)(C)O2)cc1. The first-order valence-electron chi connectivity index (χ1n) is 9.69. The zero-order valence-corrected chi connectivity index (χ0v) is 18.6. The number of carboxylic acid groups (broad SMARTS) is 1. The molecule has 1 amide bonds. The molecule has 28 heavy (non-hydrogen) atoms. The molecule has 1 aromatic rings. The molecule has 156 valence electrons. The van der Waals surface area contributed by atoms with Gasteiger partial charge in [-0.15, -0.1) is 0 Å². The first-order chi connectivity index (χ1) is 12.5. The van der Waals surface area contributed by atoms with E-state index in [0.29, 0.717) is 5.75 Å². The molecule has 0 bridgehead atoms. The standard InChI is InChI=1S/C21H34BNO5/c1-18(2,3)23(17(24)25)14-19(4,5)26-16-12-10-15(11-13-16)22-27-20(6,7)21(8,9)28-22/h10-13H,14H2,1-9H3,(H,24,25). The predicted octanol–water partition coefficient (Wildman–Crippen LogP) is 3.92. The normalized spacial score (nSPS) is 18.8. The minimum atomic E-state index is -0.958. The third kappa shape index (κ3) is 5.00. The second kappa shape index (κ2) is 7.27. The highest BCUT2D eigenvalue weighted by Crippen LogP contribution is 2.36. The molecule has 1 N–H and O–H groups in total. The summed E-state index contributed by atoms with van der Waals surface area (Å²) in [5.74, 6) is 0.671. The summed E-state index contributed by atoms with van der Waals surface area (Å²) in [4.78, 5) is 13.0. The second-order valence-corrected chi connectivity index (χ2v) is 10.1. The van der Waals surface area contributed by atoms with E-state index in [1.807, 2.05) is 86.6 Å². The van der Waals surface area contributed by atoms with Crippen molar-refractivity contribution in [3.63, 3.8) is 0 Å². The summed E-state index contributed by atoms with van der Waals surface area (Å²) < 4.78 is 18.2. The van der Waals surface area contributed by atoms with Gasteiger partial charge in [-0.05, 0) is 79.9 Å². The van der Waals surface area contributed by atoms with Crippen LogP contribution in [0.2, 0.25) is 0 Å². The Morgan fingerprint density at radius 3 is 1.89 bits per heavy atom. The number of nitrogens with zero attached hydrogens (tertiary/aromatic N) is 1. The highest BCUT2D eigenvalue weighted by Gasteiger charge is 2.51. The van der Waals surface area contributed by atoms with E-state index in [-0.39, 0.29) is 17.7 Å². The van der Waals surface area contributed by atoms with Crippen molar-refractivity contribution < 1.29 is 23.9 Å². The number of carbonyl (C=O) groups is 1. The van der Waals surface area contributed by atoms with E-state index in [1.54, 1.807) is 0 Å². The van der Waals surface area contributed by atoms with Gasteiger partial charge >= 0.3 is 13.2 Å². The lowest BCUT2D eigenvalue weighted by atomic mass is 9.79. The molecule has 7 heteroatoms. The molecular formula is C21H34BNO5. The maximum atomic E-state index is 11.6. The molecule has 0 radical (unpaired) electrons. The van der Waals surface area contributed by atoms with Gasteiger partial charge in [-0.2, -0.15) is 0 Å². The fraction of sp³-hybridized carbons (Fsp3) is 0.667. The largest absolute Gasteiger partial charge is 0.494 e. The van der Waals surface area contributed by atoms with Crippen LogP contribution < -0.4 is 10.2 Å². The Bertz CT molecular complexity index is 691. The third-order valence-corrected chi connectivity index (χ3v) is 5.38. The topological polar surface area (TPSA) is 68.2 Å². The fourth-order valence-corrected chi connectivity index (χ4v) is 3.00. The molecule has 1 aliphatic rings. The summed E-state index contributed by atoms with van der Waals surface area (Å²) in [6.45, 7) is 17.7. The molecule has 1 aromatic carbocycles. The van der Waals surface area contributed by atoms with Gasteiger partial charge in [-0.1, -0.05) is 12.1 Å². The van der Waals surface area contributed by atoms with Crippen molar-refractivity contribution in [3.05, 3.63) is 24.3 Å². The zero-order chi connectivity index (χ0) is 21.5. The summed E-state index contributed by atoms with van der Waals surface area (Å²) in [6, 6.07) is 7.58. The average Bonchev–Trinajstić information content (AvgIpc) is 2.72. The number of hydrogen-bond donors (Lipinski definition) is 1. The van der Waals surface area contributed by atoms with Crippen LogP contribution in [0.25, 0.3) is 0 Å². The number of amides is 1. The van der Waals surface area contributed by atoms with Crippen molar-refractivity contribution in [2.45, 2.75) is 84.7 Å². The molecule has 0 spiro atoms. The Hall–Kier alpha value is -1.73. The Balaban J connectivity index is 2.09. The Morgan fingerprint density at radius 1 is 1.04 bits per heavy atom. The van der Waals surface area contributed by atoms with E-state index in [1.165, 1.54) is 4.90 Å². The van der Waals surface area contributed by atoms with Gasteiger partial charge in [0, 0.05) is 5.54 Å². The molecule has 6 nitrogen and oxygen atoms in total. The second-order valence-electron chi connectivity index (χ2n) is 10.1. The zero-order valence-electron chi connectivity index (χ0n) is 18.6. The summed E-state index contributed by atoms with van der Waals surface area (Å²) in [5.41, 5.74) is -1.04. The summed E-state index contributed by atoms with van der Waals surface area (Å²) in [5, 5.41) is 9.52. The first-order valence-corrected chi connectivity index (χ1v) is 9.69. The van der Waals surface area contributed by atoms with Crippen LogP contribution >= 0.6 is 0 Å². The van der Waals surface area contributed by atoms with E-state index in [4.69, 9.17) is 14.0 Å². The molecule has 1 aliphatic heterocycles. The van der Waals surface area contributed by atoms with Crippen molar-refractivity contribution in [3.8, 4) is 5.75 Å². The maximum absolute atomic E-state index is 11.6. The number of rotatable bonds is 5. The molecule has 0 saturated carbocycles. The van der Waals surface area contributed by atoms with Crippen LogP contribution in [-0.4, -0.2) is 52.1 Å². The van der Waals surface area contributed by atoms with Gasteiger partial charge < -0.3 is 19.2 Å². The lowest BCUT2D eigenvalue weighted by Gasteiger charge is -2.39. The lowest BCUT2D eigenvalue weighted by molar-refractivity contribution is 0.00578. The van der Waals surface area contributed by atoms with Gasteiger partial charge in [0.05, 0.1) is 17.7 Å². The van der Waals surface area contributed by atoms with E-state index in [0.717, 1.165) is 5.46 Å². The molecule has 2 rings (SSSR count). The van der Waals surface area contributed by atoms with E-state index in [2.05, 4.69) is 0 Å². The molecule has 0 atom stereocenters. The minimum Gasteiger partial charge on any atom is -0.486 e. The summed E-state index contributed by atoms with van der Waals surface area (Å²) >= 11 is 0. The summed E-state index contributed by atoms with van der Waals surface area (Å²) in [7, 11) is -0.421. The van der Waals surface area contributed by atoms with Crippen LogP contribution in [0.3, 0.4) is 0 Å². The highest BCUT2D eigenvalue weighted by molar-refractivity contribution is 6.62. The monoisotopic (exact) mass is 391 g/mol. The summed E-state index contributed by atoms with van der Waals surface area (Å²) in [6.07, 6.45) is -0.958. The molecule has 1 heterocycles. The predicted molar refractivity (Wildman–Crippen MR) is 111 cm³/mol. The number of hydrogen-bond acceptors (Lipinski definition) is 4. The molecule has 1 saturated heterocycles. The van der Waals surface area contributed by atoms with Gasteiger partial charge in [-0.25, -0.2) is 4.79 Å². The number of ether oxygens (including phenoxy) is 1. The van der Waals surface area contributed by atoms with E-state index in [9.17, 15) is 9.90 Å². The Morgan fingerprint density at radius 2 is 1.50 bits per heavy atom. The lowest BCUT2D eigenvalue weighted by Crippen LogP contribution is -2.53. The van der Waals surface area contributed by atoms with Crippen molar-refractivity contribution in [1.82, 2.24) is 4.90 Å². The minimum absolute atomic E-state index is 0.255. The van der Waals surface area contributed by atoms with Crippen LogP contribution in [0.15, 0.2) is 24.3 Å². The van der Waals surface area contributed by atoms with Crippen molar-refractivity contribution in [1.29, 1.82) is 0 Å². The van der Waals surface area contributed by atoms with Crippen molar-refractivity contribution in [2.24, 2.45) is 0 Å².